The van der Waals surface area contributed by atoms with Crippen LogP contribution in [0.5, 0.6) is 11.5 Å². The second-order valence-electron chi connectivity index (χ2n) is 13.0. The van der Waals surface area contributed by atoms with E-state index in [1.807, 2.05) is 52.3 Å². The lowest BCUT2D eigenvalue weighted by molar-refractivity contribution is -0.143. The van der Waals surface area contributed by atoms with E-state index in [2.05, 4.69) is 10.2 Å². The summed E-state index contributed by atoms with van der Waals surface area (Å²) in [5.74, 6) is 1.14. The summed E-state index contributed by atoms with van der Waals surface area (Å²) < 4.78 is 23.1. The minimum absolute atomic E-state index is 0.0236. The largest absolute Gasteiger partial charge is 0.486 e. The molecule has 1 atom stereocenters. The van der Waals surface area contributed by atoms with Gasteiger partial charge in [0.15, 0.2) is 17.6 Å². The first-order chi connectivity index (χ1) is 23.0. The molecular formula is C35H45N5O7. The number of hydrogen-bond donors (Lipinski definition) is 1. The molecule has 3 saturated heterocycles. The van der Waals surface area contributed by atoms with Crippen LogP contribution in [0.3, 0.4) is 0 Å². The Balaban J connectivity index is 0.987. The Hall–Kier alpha value is -4.03. The fourth-order valence-electron chi connectivity index (χ4n) is 7.46. The first kappa shape index (κ1) is 31.6. The van der Waals surface area contributed by atoms with Gasteiger partial charge >= 0.3 is 12.1 Å². The SMILES string of the molecule is O=C(OC(Cc1ccc2c(c1)OCCO2)C(=O)N1CCN(C2CCOCC2)CC1)N1CCC(N2CCc3ccccc3NC2=O)CC1. The van der Waals surface area contributed by atoms with Crippen LogP contribution in [-0.2, 0) is 27.1 Å². The number of anilines is 1. The van der Waals surface area contributed by atoms with Gasteiger partial charge in [0.05, 0.1) is 0 Å². The molecule has 1 unspecified atom stereocenters. The molecule has 0 aromatic heterocycles. The highest BCUT2D eigenvalue weighted by Crippen LogP contribution is 2.32. The second-order valence-corrected chi connectivity index (χ2v) is 13.0. The van der Waals surface area contributed by atoms with Crippen molar-refractivity contribution in [3.63, 3.8) is 0 Å². The van der Waals surface area contributed by atoms with Gasteiger partial charge in [-0.2, -0.15) is 0 Å². The predicted octanol–water partition coefficient (Wildman–Crippen LogP) is 3.38. The van der Waals surface area contributed by atoms with E-state index in [1.54, 1.807) is 4.90 Å². The minimum atomic E-state index is -0.965. The van der Waals surface area contributed by atoms with Crippen LogP contribution in [0.1, 0.15) is 36.8 Å². The molecule has 5 heterocycles. The number of nitrogens with one attached hydrogen (secondary N) is 1. The molecule has 0 radical (unpaired) electrons. The average molecular weight is 648 g/mol. The zero-order valence-corrected chi connectivity index (χ0v) is 26.9. The molecule has 0 saturated carbocycles. The third kappa shape index (κ3) is 7.28. The van der Waals surface area contributed by atoms with Gasteiger partial charge in [-0.05, 0) is 61.4 Å². The highest BCUT2D eigenvalue weighted by atomic mass is 16.6. The van der Waals surface area contributed by atoms with Gasteiger partial charge in [-0.3, -0.25) is 9.69 Å². The Labute approximate surface area is 275 Å². The summed E-state index contributed by atoms with van der Waals surface area (Å²) in [5, 5.41) is 3.05. The molecule has 12 heteroatoms. The number of nitrogens with zero attached hydrogens (tertiary/aromatic N) is 4. The maximum atomic E-state index is 14.0. The number of amides is 4. The Kier molecular flexibility index (Phi) is 9.66. The minimum Gasteiger partial charge on any atom is -0.486 e. The summed E-state index contributed by atoms with van der Waals surface area (Å²) in [6.45, 7) is 6.85. The molecule has 4 amide bonds. The van der Waals surface area contributed by atoms with Crippen LogP contribution in [0.25, 0.3) is 0 Å². The molecule has 2 aromatic rings. The van der Waals surface area contributed by atoms with Crippen molar-refractivity contribution < 1.29 is 33.3 Å². The first-order valence-electron chi connectivity index (χ1n) is 17.1. The fraction of sp³-hybridized carbons (Fsp3) is 0.571. The van der Waals surface area contributed by atoms with Gasteiger partial charge in [0.2, 0.25) is 0 Å². The molecule has 0 spiro atoms. The lowest BCUT2D eigenvalue weighted by Crippen LogP contribution is -2.56. The normalized spacial score (nSPS) is 21.8. The van der Waals surface area contributed by atoms with Crippen molar-refractivity contribution in [1.82, 2.24) is 19.6 Å². The highest BCUT2D eigenvalue weighted by molar-refractivity contribution is 5.91. The molecular weight excluding hydrogens is 602 g/mol. The molecule has 47 heavy (non-hydrogen) atoms. The van der Waals surface area contributed by atoms with Gasteiger partial charge in [0.1, 0.15) is 13.2 Å². The van der Waals surface area contributed by atoms with E-state index in [1.165, 1.54) is 0 Å². The summed E-state index contributed by atoms with van der Waals surface area (Å²) >= 11 is 0. The van der Waals surface area contributed by atoms with Gasteiger partial charge in [-0.25, -0.2) is 9.59 Å². The Morgan fingerprint density at radius 2 is 1.55 bits per heavy atom. The van der Waals surface area contributed by atoms with Crippen LogP contribution in [-0.4, -0.2) is 128 Å². The van der Waals surface area contributed by atoms with Crippen LogP contribution < -0.4 is 14.8 Å². The lowest BCUT2D eigenvalue weighted by Gasteiger charge is -2.41. The zero-order valence-electron chi connectivity index (χ0n) is 26.9. The Morgan fingerprint density at radius 3 is 2.34 bits per heavy atom. The van der Waals surface area contributed by atoms with E-state index in [0.717, 1.165) is 62.4 Å². The standard InChI is InChI=1S/C35H45N5O7/c41-33(38-17-15-37(16-18-38)27-10-19-44-20-11-27)32(24-25-5-6-30-31(23-25)46-22-21-45-30)47-35(43)39-12-8-28(9-13-39)40-14-7-26-3-1-2-4-29(26)36-34(40)42/h1-6,23,27-28,32H,7-22,24H2,(H,36,42). The van der Waals surface area contributed by atoms with Crippen LogP contribution in [0, 0.1) is 0 Å². The molecule has 252 valence electrons. The van der Waals surface area contributed by atoms with E-state index in [0.29, 0.717) is 76.3 Å². The van der Waals surface area contributed by atoms with E-state index in [9.17, 15) is 14.4 Å². The topological polar surface area (TPSA) is 113 Å². The molecule has 5 aliphatic rings. The number of benzene rings is 2. The molecule has 12 nitrogen and oxygen atoms in total. The van der Waals surface area contributed by atoms with Gasteiger partial charge in [0, 0.05) is 83.2 Å². The number of piperazine rings is 1. The third-order valence-electron chi connectivity index (χ3n) is 10.2. The van der Waals surface area contributed by atoms with Crippen LogP contribution in [0.4, 0.5) is 15.3 Å². The smallest absolute Gasteiger partial charge is 0.410 e. The van der Waals surface area contributed by atoms with E-state index in [4.69, 9.17) is 18.9 Å². The molecule has 7 rings (SSSR count). The quantitative estimate of drug-likeness (QED) is 0.508. The van der Waals surface area contributed by atoms with Crippen molar-refractivity contribution in [1.29, 1.82) is 0 Å². The van der Waals surface area contributed by atoms with E-state index < -0.39 is 12.2 Å². The zero-order chi connectivity index (χ0) is 32.2. The Bertz CT molecular complexity index is 1430. The maximum Gasteiger partial charge on any atom is 0.410 e. The van der Waals surface area contributed by atoms with Crippen molar-refractivity contribution in [2.45, 2.75) is 56.7 Å². The first-order valence-corrected chi connectivity index (χ1v) is 17.1. The van der Waals surface area contributed by atoms with Crippen molar-refractivity contribution in [2.24, 2.45) is 0 Å². The molecule has 0 aliphatic carbocycles. The number of para-hydroxylation sites is 1. The highest BCUT2D eigenvalue weighted by Gasteiger charge is 2.36. The number of ether oxygens (including phenoxy) is 4. The summed E-state index contributed by atoms with van der Waals surface area (Å²) in [5.41, 5.74) is 2.83. The number of hydrogen-bond acceptors (Lipinski definition) is 8. The van der Waals surface area contributed by atoms with E-state index >= 15 is 0 Å². The van der Waals surface area contributed by atoms with Crippen LogP contribution in [0.15, 0.2) is 42.5 Å². The third-order valence-corrected chi connectivity index (χ3v) is 10.2. The summed E-state index contributed by atoms with van der Waals surface area (Å²) in [7, 11) is 0. The fourth-order valence-corrected chi connectivity index (χ4v) is 7.46. The molecule has 3 fully saturated rings. The molecule has 1 N–H and O–H groups in total. The van der Waals surface area contributed by atoms with Gasteiger partial charge < -0.3 is 39.0 Å². The molecule has 0 bridgehead atoms. The number of likely N-dealkylation sites (tertiary alicyclic amines) is 1. The molecule has 5 aliphatic heterocycles. The average Bonchev–Trinajstić information content (AvgIpc) is 3.29. The van der Waals surface area contributed by atoms with Gasteiger partial charge in [-0.1, -0.05) is 24.3 Å². The second kappa shape index (κ2) is 14.4. The number of urea groups is 1. The van der Waals surface area contributed by atoms with E-state index in [-0.39, 0.29) is 24.4 Å². The molecule has 2 aromatic carbocycles. The van der Waals surface area contributed by atoms with Gasteiger partial charge in [-0.15, -0.1) is 0 Å². The number of fused-ring (bicyclic) bond motifs is 2. The van der Waals surface area contributed by atoms with Crippen molar-refractivity contribution in [2.75, 3.05) is 77.6 Å². The maximum absolute atomic E-state index is 14.0. The number of carbonyl (C=O) groups excluding carboxylic acids is 3. The van der Waals surface area contributed by atoms with Crippen LogP contribution >= 0.6 is 0 Å². The summed E-state index contributed by atoms with van der Waals surface area (Å²) in [6, 6.07) is 13.9. The predicted molar refractivity (Wildman–Crippen MR) is 174 cm³/mol. The lowest BCUT2D eigenvalue weighted by atomic mass is 10.0. The number of carbonyl (C=O) groups is 3. The Morgan fingerprint density at radius 1 is 0.809 bits per heavy atom. The van der Waals surface area contributed by atoms with Crippen molar-refractivity contribution >= 4 is 23.7 Å². The summed E-state index contributed by atoms with van der Waals surface area (Å²) in [4.78, 5) is 48.6. The van der Waals surface area contributed by atoms with Crippen molar-refractivity contribution in [3.05, 3.63) is 53.6 Å². The summed E-state index contributed by atoms with van der Waals surface area (Å²) in [6.07, 6.45) is 2.90. The van der Waals surface area contributed by atoms with Crippen molar-refractivity contribution in [3.8, 4) is 11.5 Å². The number of rotatable bonds is 6. The van der Waals surface area contributed by atoms with Gasteiger partial charge in [0.25, 0.3) is 5.91 Å². The monoisotopic (exact) mass is 647 g/mol. The van der Waals surface area contributed by atoms with Crippen LogP contribution in [0.2, 0.25) is 0 Å². The number of piperidine rings is 1.